The van der Waals surface area contributed by atoms with Crippen molar-refractivity contribution in [2.75, 3.05) is 6.54 Å². The van der Waals surface area contributed by atoms with Gasteiger partial charge in [-0.3, -0.25) is 0 Å². The highest BCUT2D eigenvalue weighted by molar-refractivity contribution is 5.03. The van der Waals surface area contributed by atoms with Gasteiger partial charge in [0.25, 0.3) is 0 Å². The van der Waals surface area contributed by atoms with Crippen molar-refractivity contribution in [1.29, 1.82) is 0 Å². The fourth-order valence-electron chi connectivity index (χ4n) is 1.68. The summed E-state index contributed by atoms with van der Waals surface area (Å²) >= 11 is 0. The SMILES string of the molecule is C[C@H](NCC1CCC=CO1)c1ccco1. The average molecular weight is 207 g/mol. The maximum absolute atomic E-state index is 5.47. The summed E-state index contributed by atoms with van der Waals surface area (Å²) in [5.74, 6) is 0.973. The van der Waals surface area contributed by atoms with E-state index in [1.165, 1.54) is 0 Å². The molecule has 2 atom stereocenters. The van der Waals surface area contributed by atoms with Gasteiger partial charge in [0, 0.05) is 6.54 Å². The molecule has 0 aliphatic carbocycles. The lowest BCUT2D eigenvalue weighted by Gasteiger charge is -2.21. The van der Waals surface area contributed by atoms with Crippen LogP contribution < -0.4 is 5.32 Å². The van der Waals surface area contributed by atoms with Crippen LogP contribution in [0.1, 0.15) is 31.6 Å². The molecule has 1 unspecified atom stereocenters. The molecule has 3 heteroatoms. The molecule has 0 fully saturated rings. The average Bonchev–Trinajstić information content (AvgIpc) is 2.81. The number of hydrogen-bond acceptors (Lipinski definition) is 3. The Morgan fingerprint density at radius 2 is 2.53 bits per heavy atom. The highest BCUT2D eigenvalue weighted by Crippen LogP contribution is 2.14. The molecule has 2 rings (SSSR count). The van der Waals surface area contributed by atoms with Crippen LogP contribution in [0.4, 0.5) is 0 Å². The van der Waals surface area contributed by atoms with Crippen molar-refractivity contribution in [3.05, 3.63) is 36.5 Å². The van der Waals surface area contributed by atoms with E-state index >= 15 is 0 Å². The summed E-state index contributed by atoms with van der Waals surface area (Å²) in [6.45, 7) is 2.96. The minimum absolute atomic E-state index is 0.245. The molecule has 0 saturated heterocycles. The van der Waals surface area contributed by atoms with E-state index in [1.54, 1.807) is 12.5 Å². The van der Waals surface area contributed by atoms with Crippen molar-refractivity contribution in [3.8, 4) is 0 Å². The van der Waals surface area contributed by atoms with Gasteiger partial charge in [-0.2, -0.15) is 0 Å². The van der Waals surface area contributed by atoms with Gasteiger partial charge in [0.1, 0.15) is 11.9 Å². The van der Waals surface area contributed by atoms with Gasteiger partial charge in [-0.15, -0.1) is 0 Å². The molecule has 15 heavy (non-hydrogen) atoms. The van der Waals surface area contributed by atoms with Crippen molar-refractivity contribution >= 4 is 0 Å². The second kappa shape index (κ2) is 5.03. The summed E-state index contributed by atoms with van der Waals surface area (Å²) in [4.78, 5) is 0. The van der Waals surface area contributed by atoms with Crippen molar-refractivity contribution in [2.45, 2.75) is 31.9 Å². The van der Waals surface area contributed by atoms with Crippen molar-refractivity contribution in [1.82, 2.24) is 5.32 Å². The predicted molar refractivity (Wildman–Crippen MR) is 58.4 cm³/mol. The molecule has 2 heterocycles. The number of ether oxygens (including phenoxy) is 1. The first-order chi connectivity index (χ1) is 7.36. The van der Waals surface area contributed by atoms with E-state index in [0.29, 0.717) is 6.10 Å². The smallest absolute Gasteiger partial charge is 0.120 e. The van der Waals surface area contributed by atoms with Crippen molar-refractivity contribution < 1.29 is 9.15 Å². The molecule has 82 valence electrons. The molecule has 0 bridgehead atoms. The molecule has 0 aromatic carbocycles. The van der Waals surface area contributed by atoms with Gasteiger partial charge < -0.3 is 14.5 Å². The van der Waals surface area contributed by atoms with Crippen LogP contribution in [0.25, 0.3) is 0 Å². The van der Waals surface area contributed by atoms with Gasteiger partial charge >= 0.3 is 0 Å². The number of rotatable bonds is 4. The van der Waals surface area contributed by atoms with E-state index < -0.39 is 0 Å². The van der Waals surface area contributed by atoms with Crippen LogP contribution in [0.3, 0.4) is 0 Å². The first kappa shape index (κ1) is 10.3. The summed E-state index contributed by atoms with van der Waals surface area (Å²) in [6.07, 6.45) is 8.07. The lowest BCUT2D eigenvalue weighted by atomic mass is 10.1. The Hall–Kier alpha value is -1.22. The quantitative estimate of drug-likeness (QED) is 0.824. The summed E-state index contributed by atoms with van der Waals surface area (Å²) in [5.41, 5.74) is 0. The van der Waals surface area contributed by atoms with Crippen LogP contribution >= 0.6 is 0 Å². The number of hydrogen-bond donors (Lipinski definition) is 1. The minimum Gasteiger partial charge on any atom is -0.497 e. The van der Waals surface area contributed by atoms with Crippen LogP contribution in [-0.4, -0.2) is 12.6 Å². The minimum atomic E-state index is 0.245. The number of allylic oxidation sites excluding steroid dienone is 1. The maximum Gasteiger partial charge on any atom is 0.120 e. The van der Waals surface area contributed by atoms with Gasteiger partial charge in [0.05, 0.1) is 18.6 Å². The topological polar surface area (TPSA) is 34.4 Å². The van der Waals surface area contributed by atoms with E-state index in [0.717, 1.165) is 25.1 Å². The molecule has 1 N–H and O–H groups in total. The van der Waals surface area contributed by atoms with Crippen LogP contribution in [0.5, 0.6) is 0 Å². The Morgan fingerprint density at radius 3 is 3.20 bits per heavy atom. The molecule has 0 amide bonds. The molecule has 1 aliphatic heterocycles. The molecular formula is C12H17NO2. The van der Waals surface area contributed by atoms with Crippen LogP contribution in [-0.2, 0) is 4.74 Å². The van der Waals surface area contributed by atoms with E-state index in [2.05, 4.69) is 18.3 Å². The van der Waals surface area contributed by atoms with E-state index in [-0.39, 0.29) is 6.04 Å². The largest absolute Gasteiger partial charge is 0.497 e. The fourth-order valence-corrected chi connectivity index (χ4v) is 1.68. The summed E-state index contributed by atoms with van der Waals surface area (Å²) in [7, 11) is 0. The molecule has 0 saturated carbocycles. The Morgan fingerprint density at radius 1 is 1.60 bits per heavy atom. The van der Waals surface area contributed by atoms with E-state index in [9.17, 15) is 0 Å². The fraction of sp³-hybridized carbons (Fsp3) is 0.500. The molecule has 1 aliphatic rings. The van der Waals surface area contributed by atoms with Crippen LogP contribution in [0.15, 0.2) is 35.2 Å². The first-order valence-electron chi connectivity index (χ1n) is 5.43. The standard InChI is InChI=1S/C12H17NO2/c1-10(12-6-4-8-15-12)13-9-11-5-2-3-7-14-11/h3-4,6-8,10-11,13H,2,5,9H2,1H3/t10-,11?/m0/s1. The lowest BCUT2D eigenvalue weighted by Crippen LogP contribution is -2.30. The van der Waals surface area contributed by atoms with E-state index in [1.807, 2.05) is 12.1 Å². The molecule has 1 aromatic rings. The van der Waals surface area contributed by atoms with Gasteiger partial charge in [0.15, 0.2) is 0 Å². The highest BCUT2D eigenvalue weighted by Gasteiger charge is 2.13. The third kappa shape index (κ3) is 2.86. The molecular weight excluding hydrogens is 190 g/mol. The zero-order valence-corrected chi connectivity index (χ0v) is 8.98. The normalized spacial score (nSPS) is 22.3. The zero-order valence-electron chi connectivity index (χ0n) is 8.98. The van der Waals surface area contributed by atoms with Crippen molar-refractivity contribution in [3.63, 3.8) is 0 Å². The van der Waals surface area contributed by atoms with Gasteiger partial charge in [-0.05, 0) is 38.0 Å². The molecule has 0 spiro atoms. The molecule has 1 aromatic heterocycles. The Balaban J connectivity index is 1.75. The second-order valence-electron chi connectivity index (χ2n) is 3.85. The zero-order chi connectivity index (χ0) is 10.5. The number of nitrogens with one attached hydrogen (secondary N) is 1. The second-order valence-corrected chi connectivity index (χ2v) is 3.85. The lowest BCUT2D eigenvalue weighted by molar-refractivity contribution is 0.119. The van der Waals surface area contributed by atoms with Gasteiger partial charge in [-0.1, -0.05) is 0 Å². The maximum atomic E-state index is 5.47. The summed E-state index contributed by atoms with van der Waals surface area (Å²) < 4.78 is 10.8. The Labute approximate surface area is 90.1 Å². The molecule has 0 radical (unpaired) electrons. The monoisotopic (exact) mass is 207 g/mol. The predicted octanol–water partition coefficient (Wildman–Crippen LogP) is 2.62. The van der Waals surface area contributed by atoms with Crippen molar-refractivity contribution in [2.24, 2.45) is 0 Å². The third-order valence-corrected chi connectivity index (χ3v) is 2.64. The Kier molecular flexibility index (Phi) is 3.45. The molecule has 3 nitrogen and oxygen atoms in total. The highest BCUT2D eigenvalue weighted by atomic mass is 16.5. The van der Waals surface area contributed by atoms with Gasteiger partial charge in [-0.25, -0.2) is 0 Å². The van der Waals surface area contributed by atoms with Crippen LogP contribution in [0.2, 0.25) is 0 Å². The summed E-state index contributed by atoms with van der Waals surface area (Å²) in [5, 5.41) is 3.40. The number of furan rings is 1. The summed E-state index contributed by atoms with van der Waals surface area (Å²) in [6, 6.07) is 4.14. The van der Waals surface area contributed by atoms with Gasteiger partial charge in [0.2, 0.25) is 0 Å². The third-order valence-electron chi connectivity index (χ3n) is 2.64. The van der Waals surface area contributed by atoms with Crippen LogP contribution in [0, 0.1) is 0 Å². The first-order valence-corrected chi connectivity index (χ1v) is 5.43. The van der Waals surface area contributed by atoms with E-state index in [4.69, 9.17) is 9.15 Å². The Bertz CT molecular complexity index is 305.